The third kappa shape index (κ3) is 6.38. The quantitative estimate of drug-likeness (QED) is 0.685. The van der Waals surface area contributed by atoms with Crippen LogP contribution >= 0.6 is 0 Å². The van der Waals surface area contributed by atoms with Crippen molar-refractivity contribution in [2.45, 2.75) is 58.9 Å². The van der Waals surface area contributed by atoms with Gasteiger partial charge in [0.05, 0.1) is 6.04 Å². The standard InChI is InChI=1S/C14H22O7Si/c1-10(15)19-22(20-11(2)16,21-12(3)17)9-8-13-4-6-14(18)7-5-13/h13H,4-9H2,1-3H3. The lowest BCUT2D eigenvalue weighted by molar-refractivity contribution is -0.147. The summed E-state index contributed by atoms with van der Waals surface area (Å²) in [6, 6.07) is 0.185. The average molecular weight is 330 g/mol. The number of hydrogen-bond acceptors (Lipinski definition) is 7. The molecule has 22 heavy (non-hydrogen) atoms. The molecule has 0 aromatic heterocycles. The molecule has 1 aliphatic carbocycles. The molecule has 0 atom stereocenters. The van der Waals surface area contributed by atoms with Crippen molar-refractivity contribution in [3.05, 3.63) is 0 Å². The summed E-state index contributed by atoms with van der Waals surface area (Å²) in [4.78, 5) is 45.2. The van der Waals surface area contributed by atoms with Gasteiger partial charge in [0.15, 0.2) is 0 Å². The van der Waals surface area contributed by atoms with Crippen LogP contribution in [0, 0.1) is 5.92 Å². The van der Waals surface area contributed by atoms with Gasteiger partial charge in [-0.25, -0.2) is 0 Å². The average Bonchev–Trinajstić information content (AvgIpc) is 2.35. The molecule has 0 aromatic rings. The zero-order valence-electron chi connectivity index (χ0n) is 13.2. The van der Waals surface area contributed by atoms with Crippen molar-refractivity contribution in [3.8, 4) is 0 Å². The lowest BCUT2D eigenvalue weighted by Gasteiger charge is -2.28. The topological polar surface area (TPSA) is 96.0 Å². The SMILES string of the molecule is CC(=O)O[Si](CCC1CCC(=O)CC1)(OC(C)=O)OC(C)=O. The van der Waals surface area contributed by atoms with Gasteiger partial charge in [-0.2, -0.15) is 0 Å². The molecular formula is C14H22O7Si. The highest BCUT2D eigenvalue weighted by Crippen LogP contribution is 2.30. The molecule has 0 spiro atoms. The normalized spacial score (nSPS) is 16.0. The van der Waals surface area contributed by atoms with Crippen LogP contribution in [0.2, 0.25) is 6.04 Å². The van der Waals surface area contributed by atoms with Crippen LogP contribution in [0.3, 0.4) is 0 Å². The number of carbonyl (C=O) groups is 4. The summed E-state index contributed by atoms with van der Waals surface area (Å²) in [7, 11) is -3.72. The van der Waals surface area contributed by atoms with Gasteiger partial charge in [-0.05, 0) is 25.2 Å². The van der Waals surface area contributed by atoms with Crippen LogP contribution in [-0.2, 0) is 32.5 Å². The molecule has 0 heterocycles. The first-order valence-electron chi connectivity index (χ1n) is 7.33. The van der Waals surface area contributed by atoms with E-state index in [1.165, 1.54) is 20.8 Å². The Balaban J connectivity index is 2.77. The van der Waals surface area contributed by atoms with Gasteiger partial charge in [0.25, 0.3) is 17.9 Å². The summed E-state index contributed by atoms with van der Waals surface area (Å²) >= 11 is 0. The maximum atomic E-state index is 11.3. The largest absolute Gasteiger partial charge is 0.705 e. The Morgan fingerprint density at radius 3 is 1.73 bits per heavy atom. The highest BCUT2D eigenvalue weighted by molar-refractivity contribution is 6.65. The zero-order valence-corrected chi connectivity index (χ0v) is 14.2. The third-order valence-corrected chi connectivity index (χ3v) is 6.12. The van der Waals surface area contributed by atoms with E-state index in [1.54, 1.807) is 0 Å². The number of rotatable bonds is 6. The summed E-state index contributed by atoms with van der Waals surface area (Å²) in [6.07, 6.45) is 3.15. The maximum absolute atomic E-state index is 11.3. The van der Waals surface area contributed by atoms with Gasteiger partial charge in [-0.3, -0.25) is 19.2 Å². The van der Waals surface area contributed by atoms with Gasteiger partial charge < -0.3 is 13.3 Å². The molecule has 0 unspecified atom stereocenters. The Kier molecular flexibility index (Phi) is 6.73. The van der Waals surface area contributed by atoms with Gasteiger partial charge in [-0.1, -0.05) is 0 Å². The molecule has 0 amide bonds. The van der Waals surface area contributed by atoms with Crippen LogP contribution in [0.5, 0.6) is 0 Å². The number of carbonyl (C=O) groups excluding carboxylic acids is 4. The molecule has 0 aromatic carbocycles. The van der Waals surface area contributed by atoms with Gasteiger partial charge in [-0.15, -0.1) is 0 Å². The molecule has 0 saturated heterocycles. The highest BCUT2D eigenvalue weighted by Gasteiger charge is 2.51. The zero-order chi connectivity index (χ0) is 16.8. The molecule has 1 rings (SSSR count). The van der Waals surface area contributed by atoms with Crippen molar-refractivity contribution in [2.24, 2.45) is 5.92 Å². The summed E-state index contributed by atoms with van der Waals surface area (Å²) in [5.41, 5.74) is 0. The number of Topliss-reactive ketones (excluding diaryl/α,β-unsaturated/α-hetero) is 1. The minimum absolute atomic E-state index is 0.185. The van der Waals surface area contributed by atoms with Crippen molar-refractivity contribution in [3.63, 3.8) is 0 Å². The second-order valence-electron chi connectivity index (χ2n) is 5.48. The molecule has 0 aliphatic heterocycles. The van der Waals surface area contributed by atoms with E-state index in [2.05, 4.69) is 0 Å². The van der Waals surface area contributed by atoms with Gasteiger partial charge >= 0.3 is 8.80 Å². The Labute approximate surface area is 130 Å². The highest BCUT2D eigenvalue weighted by atomic mass is 28.4. The Morgan fingerprint density at radius 2 is 1.36 bits per heavy atom. The molecule has 7 nitrogen and oxygen atoms in total. The van der Waals surface area contributed by atoms with Crippen molar-refractivity contribution in [2.75, 3.05) is 0 Å². The molecule has 1 fully saturated rings. The maximum Gasteiger partial charge on any atom is 0.705 e. The van der Waals surface area contributed by atoms with Crippen LogP contribution in [-0.4, -0.2) is 32.5 Å². The minimum atomic E-state index is -3.72. The van der Waals surface area contributed by atoms with Crippen LogP contribution in [0.25, 0.3) is 0 Å². The van der Waals surface area contributed by atoms with E-state index < -0.39 is 26.7 Å². The number of hydrogen-bond donors (Lipinski definition) is 0. The fraction of sp³-hybridized carbons (Fsp3) is 0.714. The Hall–Kier alpha value is -1.70. The lowest BCUT2D eigenvalue weighted by atomic mass is 9.87. The molecule has 0 bridgehead atoms. The molecule has 1 saturated carbocycles. The summed E-state index contributed by atoms with van der Waals surface area (Å²) in [5.74, 6) is -1.46. The molecule has 0 N–H and O–H groups in total. The number of ketones is 1. The van der Waals surface area contributed by atoms with E-state index >= 15 is 0 Å². The lowest BCUT2D eigenvalue weighted by Crippen LogP contribution is -2.49. The third-order valence-electron chi connectivity index (χ3n) is 3.42. The van der Waals surface area contributed by atoms with Gasteiger partial charge in [0.2, 0.25) is 0 Å². The van der Waals surface area contributed by atoms with E-state index in [1.807, 2.05) is 0 Å². The molecule has 124 valence electrons. The Morgan fingerprint density at radius 1 is 0.955 bits per heavy atom. The molecular weight excluding hydrogens is 308 g/mol. The summed E-state index contributed by atoms with van der Waals surface area (Å²) in [5, 5.41) is 0. The second-order valence-corrected chi connectivity index (χ2v) is 7.96. The first-order valence-corrected chi connectivity index (χ1v) is 9.26. The van der Waals surface area contributed by atoms with Crippen molar-refractivity contribution in [1.29, 1.82) is 0 Å². The first-order chi connectivity index (χ1) is 10.2. The summed E-state index contributed by atoms with van der Waals surface area (Å²) in [6.45, 7) is 3.52. The van der Waals surface area contributed by atoms with Gasteiger partial charge in [0, 0.05) is 33.6 Å². The van der Waals surface area contributed by atoms with E-state index in [0.29, 0.717) is 19.3 Å². The van der Waals surface area contributed by atoms with Crippen molar-refractivity contribution < 1.29 is 32.5 Å². The van der Waals surface area contributed by atoms with Crippen LogP contribution < -0.4 is 0 Å². The monoisotopic (exact) mass is 330 g/mol. The smallest absolute Gasteiger partial charge is 0.455 e. The molecule has 1 aliphatic rings. The predicted molar refractivity (Wildman–Crippen MR) is 77.4 cm³/mol. The van der Waals surface area contributed by atoms with E-state index in [0.717, 1.165) is 12.8 Å². The van der Waals surface area contributed by atoms with Crippen molar-refractivity contribution in [1.82, 2.24) is 0 Å². The van der Waals surface area contributed by atoms with E-state index in [4.69, 9.17) is 13.3 Å². The van der Waals surface area contributed by atoms with E-state index in [-0.39, 0.29) is 17.7 Å². The van der Waals surface area contributed by atoms with Crippen LogP contribution in [0.1, 0.15) is 52.9 Å². The van der Waals surface area contributed by atoms with Crippen LogP contribution in [0.15, 0.2) is 0 Å². The first kappa shape index (κ1) is 18.3. The minimum Gasteiger partial charge on any atom is -0.455 e. The fourth-order valence-corrected chi connectivity index (χ4v) is 5.05. The molecule has 0 radical (unpaired) electrons. The fourth-order valence-electron chi connectivity index (χ4n) is 2.54. The van der Waals surface area contributed by atoms with Crippen molar-refractivity contribution >= 4 is 32.5 Å². The van der Waals surface area contributed by atoms with E-state index in [9.17, 15) is 19.2 Å². The van der Waals surface area contributed by atoms with Crippen LogP contribution in [0.4, 0.5) is 0 Å². The van der Waals surface area contributed by atoms with Gasteiger partial charge in [0.1, 0.15) is 5.78 Å². The Bertz CT molecular complexity index is 409. The molecule has 8 heteroatoms. The summed E-state index contributed by atoms with van der Waals surface area (Å²) < 4.78 is 15.4. The predicted octanol–water partition coefficient (Wildman–Crippen LogP) is 1.76. The second kappa shape index (κ2) is 8.07.